The number of H-pyrrole nitrogens is 1. The Hall–Kier alpha value is -1.62. The van der Waals surface area contributed by atoms with Gasteiger partial charge in [0.2, 0.25) is 5.56 Å². The van der Waals surface area contributed by atoms with Crippen molar-refractivity contribution in [3.8, 4) is 0 Å². The molecular weight excluding hydrogens is 242 g/mol. The second-order valence-electron chi connectivity index (χ2n) is 4.98. The van der Waals surface area contributed by atoms with E-state index in [1.807, 2.05) is 11.9 Å². The molecule has 0 radical (unpaired) electrons. The van der Waals surface area contributed by atoms with E-state index in [0.717, 1.165) is 32.4 Å². The van der Waals surface area contributed by atoms with Gasteiger partial charge in [0.05, 0.1) is 5.56 Å². The van der Waals surface area contributed by atoms with Crippen LogP contribution in [0, 0.1) is 0 Å². The van der Waals surface area contributed by atoms with Gasteiger partial charge in [-0.1, -0.05) is 0 Å². The van der Waals surface area contributed by atoms with Gasteiger partial charge in [0.15, 0.2) is 0 Å². The summed E-state index contributed by atoms with van der Waals surface area (Å²) in [5, 5.41) is 3.14. The van der Waals surface area contributed by atoms with E-state index < -0.39 is 0 Å². The molecule has 1 unspecified atom stereocenters. The SMILES string of the molecule is CNCCC1CCCCN1C(=O)c1ccc(=O)[nH]c1. The van der Waals surface area contributed by atoms with Crippen LogP contribution in [0.15, 0.2) is 23.1 Å². The highest BCUT2D eigenvalue weighted by atomic mass is 16.2. The lowest BCUT2D eigenvalue weighted by Crippen LogP contribution is -2.44. The van der Waals surface area contributed by atoms with E-state index in [9.17, 15) is 9.59 Å². The van der Waals surface area contributed by atoms with E-state index in [1.165, 1.54) is 18.7 Å². The van der Waals surface area contributed by atoms with Crippen LogP contribution in [0.3, 0.4) is 0 Å². The molecule has 1 fully saturated rings. The molecule has 1 aliphatic heterocycles. The van der Waals surface area contributed by atoms with Crippen LogP contribution in [0.4, 0.5) is 0 Å². The minimum Gasteiger partial charge on any atom is -0.336 e. The third-order valence-electron chi connectivity index (χ3n) is 3.65. The molecule has 5 nitrogen and oxygen atoms in total. The van der Waals surface area contributed by atoms with Gasteiger partial charge in [0.1, 0.15) is 0 Å². The number of pyridine rings is 1. The van der Waals surface area contributed by atoms with Gasteiger partial charge in [-0.05, 0) is 45.3 Å². The second-order valence-corrected chi connectivity index (χ2v) is 4.98. The van der Waals surface area contributed by atoms with Crippen molar-refractivity contribution in [3.05, 3.63) is 34.2 Å². The summed E-state index contributed by atoms with van der Waals surface area (Å²) in [7, 11) is 1.93. The van der Waals surface area contributed by atoms with Crippen molar-refractivity contribution in [1.82, 2.24) is 15.2 Å². The first-order chi connectivity index (χ1) is 9.22. The number of nitrogens with zero attached hydrogens (tertiary/aromatic N) is 1. The van der Waals surface area contributed by atoms with E-state index >= 15 is 0 Å². The fraction of sp³-hybridized carbons (Fsp3) is 0.571. The fourth-order valence-electron chi connectivity index (χ4n) is 2.59. The lowest BCUT2D eigenvalue weighted by molar-refractivity contribution is 0.0602. The van der Waals surface area contributed by atoms with E-state index in [4.69, 9.17) is 0 Å². The van der Waals surface area contributed by atoms with Crippen molar-refractivity contribution in [2.45, 2.75) is 31.7 Å². The summed E-state index contributed by atoms with van der Waals surface area (Å²) in [5.74, 6) is 0.0250. The third-order valence-corrected chi connectivity index (χ3v) is 3.65. The Morgan fingerprint density at radius 1 is 1.47 bits per heavy atom. The molecule has 1 aromatic rings. The molecule has 0 aliphatic carbocycles. The Bertz CT molecular complexity index is 463. The largest absolute Gasteiger partial charge is 0.336 e. The molecule has 2 heterocycles. The molecule has 0 bridgehead atoms. The normalized spacial score (nSPS) is 19.4. The van der Waals surface area contributed by atoms with Crippen molar-refractivity contribution in [2.75, 3.05) is 20.1 Å². The van der Waals surface area contributed by atoms with Gasteiger partial charge in [-0.15, -0.1) is 0 Å². The van der Waals surface area contributed by atoms with Crippen LogP contribution in [-0.2, 0) is 0 Å². The summed E-state index contributed by atoms with van der Waals surface area (Å²) in [6.07, 6.45) is 5.80. The van der Waals surface area contributed by atoms with Crippen LogP contribution in [0.2, 0.25) is 0 Å². The van der Waals surface area contributed by atoms with E-state index in [1.54, 1.807) is 6.07 Å². The standard InChI is InChI=1S/C14H21N3O2/c1-15-8-7-12-4-2-3-9-17(12)14(19)11-5-6-13(18)16-10-11/h5-6,10,12,15H,2-4,7-9H2,1H3,(H,16,18). The van der Waals surface area contributed by atoms with Gasteiger partial charge < -0.3 is 15.2 Å². The maximum Gasteiger partial charge on any atom is 0.255 e. The Morgan fingerprint density at radius 3 is 3.00 bits per heavy atom. The highest BCUT2D eigenvalue weighted by Crippen LogP contribution is 2.21. The quantitative estimate of drug-likeness (QED) is 0.851. The number of nitrogens with one attached hydrogen (secondary N) is 2. The first-order valence-electron chi connectivity index (χ1n) is 6.86. The molecule has 19 heavy (non-hydrogen) atoms. The minimum absolute atomic E-state index is 0.0250. The molecule has 0 spiro atoms. The second kappa shape index (κ2) is 6.52. The molecule has 2 N–H and O–H groups in total. The summed E-state index contributed by atoms with van der Waals surface area (Å²) in [5.41, 5.74) is 0.387. The van der Waals surface area contributed by atoms with Crippen LogP contribution >= 0.6 is 0 Å². The van der Waals surface area contributed by atoms with Crippen molar-refractivity contribution in [1.29, 1.82) is 0 Å². The molecule has 5 heteroatoms. The van der Waals surface area contributed by atoms with Gasteiger partial charge in [0.25, 0.3) is 5.91 Å². The number of hydrogen-bond donors (Lipinski definition) is 2. The van der Waals surface area contributed by atoms with Gasteiger partial charge in [-0.25, -0.2) is 0 Å². The number of aromatic nitrogens is 1. The summed E-state index contributed by atoms with van der Waals surface area (Å²) in [6.45, 7) is 1.73. The zero-order valence-electron chi connectivity index (χ0n) is 11.3. The summed E-state index contributed by atoms with van der Waals surface area (Å²) in [4.78, 5) is 28.0. The average Bonchev–Trinajstić information content (AvgIpc) is 2.45. The molecule has 1 aromatic heterocycles. The Labute approximate surface area is 113 Å². The maximum absolute atomic E-state index is 12.5. The number of likely N-dealkylation sites (tertiary alicyclic amines) is 1. The average molecular weight is 263 g/mol. The topological polar surface area (TPSA) is 65.2 Å². The lowest BCUT2D eigenvalue weighted by atomic mass is 9.98. The molecule has 1 aliphatic rings. The fourth-order valence-corrected chi connectivity index (χ4v) is 2.59. The molecule has 0 aromatic carbocycles. The van der Waals surface area contributed by atoms with Gasteiger partial charge in [-0.3, -0.25) is 9.59 Å². The molecule has 1 atom stereocenters. The van der Waals surface area contributed by atoms with Crippen molar-refractivity contribution in [3.63, 3.8) is 0 Å². The van der Waals surface area contributed by atoms with Crippen LogP contribution in [0.5, 0.6) is 0 Å². The van der Waals surface area contributed by atoms with Crippen LogP contribution in [0.1, 0.15) is 36.0 Å². The molecule has 1 saturated heterocycles. The summed E-state index contributed by atoms with van der Waals surface area (Å²) < 4.78 is 0. The first-order valence-corrected chi connectivity index (χ1v) is 6.86. The minimum atomic E-state index is -0.179. The van der Waals surface area contributed by atoms with Crippen molar-refractivity contribution < 1.29 is 4.79 Å². The predicted molar refractivity (Wildman–Crippen MR) is 74.3 cm³/mol. The molecule has 2 rings (SSSR count). The number of piperidine rings is 1. The van der Waals surface area contributed by atoms with Gasteiger partial charge in [0, 0.05) is 24.8 Å². The highest BCUT2D eigenvalue weighted by Gasteiger charge is 2.26. The summed E-state index contributed by atoms with van der Waals surface area (Å²) in [6, 6.07) is 3.31. The number of hydrogen-bond acceptors (Lipinski definition) is 3. The third kappa shape index (κ3) is 3.44. The number of carbonyl (C=O) groups excluding carboxylic acids is 1. The summed E-state index contributed by atoms with van der Waals surface area (Å²) >= 11 is 0. The number of carbonyl (C=O) groups is 1. The lowest BCUT2D eigenvalue weighted by Gasteiger charge is -2.36. The van der Waals surface area contributed by atoms with Crippen molar-refractivity contribution in [2.24, 2.45) is 0 Å². The van der Waals surface area contributed by atoms with Crippen molar-refractivity contribution >= 4 is 5.91 Å². The first kappa shape index (κ1) is 13.8. The Kier molecular flexibility index (Phi) is 4.74. The van der Waals surface area contributed by atoms with E-state index in [2.05, 4.69) is 10.3 Å². The smallest absolute Gasteiger partial charge is 0.255 e. The molecule has 0 saturated carbocycles. The Balaban J connectivity index is 2.10. The zero-order valence-corrected chi connectivity index (χ0v) is 11.3. The van der Waals surface area contributed by atoms with Crippen LogP contribution in [0.25, 0.3) is 0 Å². The molecule has 1 amide bonds. The number of rotatable bonds is 4. The number of aromatic amines is 1. The van der Waals surface area contributed by atoms with Crippen LogP contribution < -0.4 is 10.9 Å². The zero-order chi connectivity index (χ0) is 13.7. The van der Waals surface area contributed by atoms with E-state index in [0.29, 0.717) is 11.6 Å². The monoisotopic (exact) mass is 263 g/mol. The molecular formula is C14H21N3O2. The van der Waals surface area contributed by atoms with Gasteiger partial charge >= 0.3 is 0 Å². The van der Waals surface area contributed by atoms with E-state index in [-0.39, 0.29) is 11.5 Å². The predicted octanol–water partition coefficient (Wildman–Crippen LogP) is 0.979. The number of amides is 1. The maximum atomic E-state index is 12.5. The van der Waals surface area contributed by atoms with Gasteiger partial charge in [-0.2, -0.15) is 0 Å². The highest BCUT2D eigenvalue weighted by molar-refractivity contribution is 5.94. The van der Waals surface area contributed by atoms with Crippen LogP contribution in [-0.4, -0.2) is 42.0 Å². The Morgan fingerprint density at radius 2 is 2.32 bits per heavy atom. The molecule has 104 valence electrons.